The molecule has 34 heavy (non-hydrogen) atoms. The molecular formula is C30H25N3O. The maximum absolute atomic E-state index is 11.4. The Morgan fingerprint density at radius 2 is 1.18 bits per heavy atom. The minimum absolute atomic E-state index is 0.0876. The van der Waals surface area contributed by atoms with Crippen LogP contribution >= 0.6 is 0 Å². The number of nitrogens with zero attached hydrogens (tertiary/aromatic N) is 2. The van der Waals surface area contributed by atoms with Crippen molar-refractivity contribution in [1.29, 1.82) is 0 Å². The predicted octanol–water partition coefficient (Wildman–Crippen LogP) is 6.35. The third kappa shape index (κ3) is 3.90. The van der Waals surface area contributed by atoms with Gasteiger partial charge in [-0.25, -0.2) is 4.98 Å². The predicted molar refractivity (Wildman–Crippen MR) is 137 cm³/mol. The van der Waals surface area contributed by atoms with Crippen LogP contribution in [0.15, 0.2) is 128 Å². The zero-order valence-electron chi connectivity index (χ0n) is 18.9. The van der Waals surface area contributed by atoms with Crippen LogP contribution in [0.1, 0.15) is 23.6 Å². The second-order valence-corrected chi connectivity index (χ2v) is 8.23. The lowest BCUT2D eigenvalue weighted by Crippen LogP contribution is -2.36. The van der Waals surface area contributed by atoms with Gasteiger partial charge in [0.2, 0.25) is 5.91 Å². The van der Waals surface area contributed by atoms with Crippen LogP contribution in [0.2, 0.25) is 0 Å². The number of hydrogen-bond acceptors (Lipinski definition) is 2. The Morgan fingerprint density at radius 3 is 1.62 bits per heavy atom. The molecule has 4 nitrogen and oxygen atoms in total. The summed E-state index contributed by atoms with van der Waals surface area (Å²) in [5, 5.41) is 2.81. The molecule has 0 aliphatic carbocycles. The summed E-state index contributed by atoms with van der Waals surface area (Å²) < 4.78 is 2.20. The van der Waals surface area contributed by atoms with Crippen molar-refractivity contribution >= 4 is 11.6 Å². The van der Waals surface area contributed by atoms with Gasteiger partial charge in [-0.2, -0.15) is 0 Å². The van der Waals surface area contributed by atoms with Gasteiger partial charge >= 0.3 is 0 Å². The van der Waals surface area contributed by atoms with E-state index in [2.05, 4.69) is 88.9 Å². The average molecular weight is 444 g/mol. The normalized spacial score (nSPS) is 11.2. The lowest BCUT2D eigenvalue weighted by atomic mass is 9.77. The molecule has 4 aromatic carbocycles. The van der Waals surface area contributed by atoms with Crippen molar-refractivity contribution in [1.82, 2.24) is 9.55 Å². The van der Waals surface area contributed by atoms with Crippen molar-refractivity contribution in [3.63, 3.8) is 0 Å². The first-order valence-corrected chi connectivity index (χ1v) is 11.3. The summed E-state index contributed by atoms with van der Waals surface area (Å²) in [5.74, 6) is -0.0876. The van der Waals surface area contributed by atoms with Crippen molar-refractivity contribution in [2.24, 2.45) is 0 Å². The smallest absolute Gasteiger partial charge is 0.221 e. The van der Waals surface area contributed by atoms with Crippen LogP contribution in [-0.2, 0) is 10.3 Å². The van der Waals surface area contributed by atoms with E-state index in [1.165, 1.54) is 6.92 Å². The number of benzene rings is 4. The zero-order valence-corrected chi connectivity index (χ0v) is 18.9. The highest BCUT2D eigenvalue weighted by atomic mass is 16.1. The lowest BCUT2D eigenvalue weighted by Gasteiger charge is -2.37. The quantitative estimate of drug-likeness (QED) is 0.311. The van der Waals surface area contributed by atoms with E-state index in [0.717, 1.165) is 33.6 Å². The maximum Gasteiger partial charge on any atom is 0.221 e. The van der Waals surface area contributed by atoms with Crippen molar-refractivity contribution in [3.05, 3.63) is 144 Å². The first-order chi connectivity index (χ1) is 16.7. The Balaban J connectivity index is 1.70. The lowest BCUT2D eigenvalue weighted by molar-refractivity contribution is -0.114. The van der Waals surface area contributed by atoms with Crippen molar-refractivity contribution in [3.8, 4) is 11.3 Å². The van der Waals surface area contributed by atoms with Crippen molar-refractivity contribution < 1.29 is 4.79 Å². The molecule has 0 spiro atoms. The molecule has 0 aliphatic heterocycles. The van der Waals surface area contributed by atoms with E-state index in [1.807, 2.05) is 48.8 Å². The van der Waals surface area contributed by atoms with Crippen LogP contribution in [0.5, 0.6) is 0 Å². The topological polar surface area (TPSA) is 46.9 Å². The van der Waals surface area contributed by atoms with Gasteiger partial charge in [0.05, 0.1) is 12.0 Å². The Morgan fingerprint density at radius 1 is 0.706 bits per heavy atom. The van der Waals surface area contributed by atoms with Gasteiger partial charge in [-0.15, -0.1) is 0 Å². The molecule has 1 aromatic heterocycles. The second-order valence-electron chi connectivity index (χ2n) is 8.23. The van der Waals surface area contributed by atoms with Crippen molar-refractivity contribution in [2.75, 3.05) is 5.32 Å². The van der Waals surface area contributed by atoms with E-state index in [0.29, 0.717) is 0 Å². The van der Waals surface area contributed by atoms with Gasteiger partial charge < -0.3 is 9.88 Å². The molecular weight excluding hydrogens is 418 g/mol. The Bertz CT molecular complexity index is 1280. The molecule has 4 heteroatoms. The summed E-state index contributed by atoms with van der Waals surface area (Å²) in [5.41, 5.74) is 5.47. The molecule has 0 bridgehead atoms. The number of carbonyl (C=O) groups is 1. The Kier molecular flexibility index (Phi) is 5.79. The molecule has 0 atom stereocenters. The summed E-state index contributed by atoms with van der Waals surface area (Å²) in [6.07, 6.45) is 4.00. The van der Waals surface area contributed by atoms with Crippen molar-refractivity contribution in [2.45, 2.75) is 12.5 Å². The second kappa shape index (κ2) is 9.20. The minimum Gasteiger partial charge on any atom is -0.326 e. The molecule has 5 aromatic rings. The fourth-order valence-electron chi connectivity index (χ4n) is 4.57. The van der Waals surface area contributed by atoms with E-state index in [1.54, 1.807) is 0 Å². The third-order valence-corrected chi connectivity index (χ3v) is 6.05. The third-order valence-electron chi connectivity index (χ3n) is 6.05. The van der Waals surface area contributed by atoms with Gasteiger partial charge in [0.15, 0.2) is 0 Å². The summed E-state index contributed by atoms with van der Waals surface area (Å²) >= 11 is 0. The van der Waals surface area contributed by atoms with Crippen LogP contribution in [0.3, 0.4) is 0 Å². The molecule has 5 rings (SSSR count). The Hall–Kier alpha value is -4.44. The van der Waals surface area contributed by atoms with Gasteiger partial charge in [-0.1, -0.05) is 103 Å². The standard InChI is InChI=1S/C30H25N3O/c1-23(34)32-28-19-17-24(18-20-28)29-21-33(22-31-29)30(25-11-5-2-6-12-25,26-13-7-3-8-14-26)27-15-9-4-10-16-27/h2-22H,1H3,(H,32,34). The minimum atomic E-state index is -0.592. The van der Waals surface area contributed by atoms with E-state index in [9.17, 15) is 4.79 Å². The summed E-state index contributed by atoms with van der Waals surface area (Å²) in [6, 6.07) is 39.4. The fourth-order valence-corrected chi connectivity index (χ4v) is 4.57. The van der Waals surface area contributed by atoms with Gasteiger partial charge in [0.1, 0.15) is 5.54 Å². The summed E-state index contributed by atoms with van der Waals surface area (Å²) in [7, 11) is 0. The first kappa shape index (κ1) is 21.4. The summed E-state index contributed by atoms with van der Waals surface area (Å²) in [6.45, 7) is 1.51. The first-order valence-electron chi connectivity index (χ1n) is 11.3. The average Bonchev–Trinajstić information content (AvgIpc) is 3.37. The molecule has 0 radical (unpaired) electrons. The highest BCUT2D eigenvalue weighted by molar-refractivity contribution is 5.88. The number of amides is 1. The monoisotopic (exact) mass is 443 g/mol. The van der Waals surface area contributed by atoms with E-state index < -0.39 is 5.54 Å². The number of hydrogen-bond donors (Lipinski definition) is 1. The van der Waals surface area contributed by atoms with Gasteiger partial charge in [-0.3, -0.25) is 4.79 Å². The zero-order chi connectivity index (χ0) is 23.4. The fraction of sp³-hybridized carbons (Fsp3) is 0.0667. The molecule has 0 aliphatic rings. The van der Waals surface area contributed by atoms with Gasteiger partial charge in [-0.05, 0) is 28.8 Å². The molecule has 0 unspecified atom stereocenters. The van der Waals surface area contributed by atoms with Crippen LogP contribution in [0, 0.1) is 0 Å². The molecule has 0 saturated heterocycles. The Labute approximate surface area is 199 Å². The van der Waals surface area contributed by atoms with Crippen LogP contribution < -0.4 is 5.32 Å². The number of aromatic nitrogens is 2. The highest BCUT2D eigenvalue weighted by Crippen LogP contribution is 2.41. The van der Waals surface area contributed by atoms with Gasteiger partial charge in [0.25, 0.3) is 0 Å². The maximum atomic E-state index is 11.4. The number of nitrogens with one attached hydrogen (secondary N) is 1. The molecule has 1 N–H and O–H groups in total. The van der Waals surface area contributed by atoms with Gasteiger partial charge in [0, 0.05) is 24.4 Å². The molecule has 0 saturated carbocycles. The molecule has 0 fully saturated rings. The van der Waals surface area contributed by atoms with Crippen LogP contribution in [-0.4, -0.2) is 15.5 Å². The summed E-state index contributed by atoms with van der Waals surface area (Å²) in [4.78, 5) is 16.2. The number of anilines is 1. The van der Waals surface area contributed by atoms with E-state index >= 15 is 0 Å². The SMILES string of the molecule is CC(=O)Nc1ccc(-c2cn(C(c3ccccc3)(c3ccccc3)c3ccccc3)cn2)cc1. The molecule has 1 amide bonds. The molecule has 166 valence electrons. The van der Waals surface area contributed by atoms with E-state index in [-0.39, 0.29) is 5.91 Å². The highest BCUT2D eigenvalue weighted by Gasteiger charge is 2.38. The number of rotatable bonds is 6. The number of carbonyl (C=O) groups excluding carboxylic acids is 1. The largest absolute Gasteiger partial charge is 0.326 e. The number of imidazole rings is 1. The molecule has 1 heterocycles. The van der Waals surface area contributed by atoms with E-state index in [4.69, 9.17) is 4.98 Å². The van der Waals surface area contributed by atoms with Crippen LogP contribution in [0.25, 0.3) is 11.3 Å². The van der Waals surface area contributed by atoms with Crippen LogP contribution in [0.4, 0.5) is 5.69 Å².